The molecule has 0 bridgehead atoms. The lowest BCUT2D eigenvalue weighted by molar-refractivity contribution is -0.134. The van der Waals surface area contributed by atoms with Crippen LogP contribution in [0.5, 0.6) is 0 Å². The first-order valence-electron chi connectivity index (χ1n) is 7.01. The highest BCUT2D eigenvalue weighted by atomic mass is 16.2. The van der Waals surface area contributed by atoms with Crippen molar-refractivity contribution in [3.63, 3.8) is 0 Å². The van der Waals surface area contributed by atoms with E-state index in [1.54, 1.807) is 6.08 Å². The number of likely N-dealkylation sites (N-methyl/N-ethyl adjacent to an activating group) is 1. The molecule has 0 aromatic carbocycles. The Morgan fingerprint density at radius 2 is 2.00 bits per heavy atom. The molecule has 1 unspecified atom stereocenters. The topological polar surface area (TPSA) is 20.3 Å². The van der Waals surface area contributed by atoms with E-state index < -0.39 is 0 Å². The van der Waals surface area contributed by atoms with Gasteiger partial charge in [-0.15, -0.1) is 0 Å². The molecular formula is C17H27NO. The number of allylic oxidation sites excluding steroid dienone is 6. The van der Waals surface area contributed by atoms with Gasteiger partial charge in [0, 0.05) is 19.0 Å². The van der Waals surface area contributed by atoms with Gasteiger partial charge in [-0.25, -0.2) is 0 Å². The average molecular weight is 261 g/mol. The van der Waals surface area contributed by atoms with Crippen LogP contribution in [-0.2, 0) is 4.79 Å². The smallest absolute Gasteiger partial charge is 0.225 e. The summed E-state index contributed by atoms with van der Waals surface area (Å²) in [6, 6.07) is 0. The monoisotopic (exact) mass is 261 g/mol. The summed E-state index contributed by atoms with van der Waals surface area (Å²) in [5.41, 5.74) is 1.12. The minimum Gasteiger partial charge on any atom is -0.339 e. The third-order valence-corrected chi connectivity index (χ3v) is 3.12. The summed E-state index contributed by atoms with van der Waals surface area (Å²) in [4.78, 5) is 14.0. The van der Waals surface area contributed by atoms with Crippen molar-refractivity contribution >= 4 is 5.91 Å². The highest BCUT2D eigenvalue weighted by Crippen LogP contribution is 2.07. The molecule has 0 aliphatic carbocycles. The lowest BCUT2D eigenvalue weighted by Gasteiger charge is -2.22. The number of rotatable bonds is 8. The SMILES string of the molecule is C=C\C=C/C(/C=C/CN(CC)C(=O)C(C)CC)=C\C. The van der Waals surface area contributed by atoms with Gasteiger partial charge in [-0.3, -0.25) is 4.79 Å². The van der Waals surface area contributed by atoms with Gasteiger partial charge < -0.3 is 4.90 Å². The quantitative estimate of drug-likeness (QED) is 0.602. The molecular weight excluding hydrogens is 234 g/mol. The normalized spacial score (nSPS) is 14.0. The minimum absolute atomic E-state index is 0.107. The molecule has 0 saturated carbocycles. The molecule has 0 rings (SSSR count). The van der Waals surface area contributed by atoms with E-state index in [1.165, 1.54) is 0 Å². The largest absolute Gasteiger partial charge is 0.339 e. The fourth-order valence-corrected chi connectivity index (χ4v) is 1.60. The van der Waals surface area contributed by atoms with Gasteiger partial charge in [0.2, 0.25) is 5.91 Å². The highest BCUT2D eigenvalue weighted by Gasteiger charge is 2.16. The maximum Gasteiger partial charge on any atom is 0.225 e. The number of hydrogen-bond acceptors (Lipinski definition) is 1. The fourth-order valence-electron chi connectivity index (χ4n) is 1.60. The van der Waals surface area contributed by atoms with Crippen molar-refractivity contribution < 1.29 is 4.79 Å². The lowest BCUT2D eigenvalue weighted by atomic mass is 10.1. The summed E-state index contributed by atoms with van der Waals surface area (Å²) in [7, 11) is 0. The molecule has 0 aromatic heterocycles. The lowest BCUT2D eigenvalue weighted by Crippen LogP contribution is -2.34. The molecule has 106 valence electrons. The van der Waals surface area contributed by atoms with Crippen molar-refractivity contribution in [2.45, 2.75) is 34.1 Å². The van der Waals surface area contributed by atoms with Crippen molar-refractivity contribution in [2.75, 3.05) is 13.1 Å². The molecule has 1 amide bonds. The van der Waals surface area contributed by atoms with Crippen LogP contribution in [0, 0.1) is 5.92 Å². The first-order chi connectivity index (χ1) is 9.10. The van der Waals surface area contributed by atoms with Crippen molar-refractivity contribution in [1.82, 2.24) is 4.90 Å². The second kappa shape index (κ2) is 10.4. The van der Waals surface area contributed by atoms with Crippen LogP contribution < -0.4 is 0 Å². The third-order valence-electron chi connectivity index (χ3n) is 3.12. The first kappa shape index (κ1) is 17.4. The van der Waals surface area contributed by atoms with Gasteiger partial charge >= 0.3 is 0 Å². The molecule has 0 saturated heterocycles. The van der Waals surface area contributed by atoms with E-state index in [9.17, 15) is 4.79 Å². The van der Waals surface area contributed by atoms with Crippen molar-refractivity contribution in [2.24, 2.45) is 5.92 Å². The molecule has 1 atom stereocenters. The Morgan fingerprint density at radius 1 is 1.32 bits per heavy atom. The van der Waals surface area contributed by atoms with E-state index in [4.69, 9.17) is 0 Å². The van der Waals surface area contributed by atoms with Crippen LogP contribution in [0.1, 0.15) is 34.1 Å². The predicted molar refractivity (Wildman–Crippen MR) is 83.9 cm³/mol. The van der Waals surface area contributed by atoms with E-state index in [-0.39, 0.29) is 11.8 Å². The summed E-state index contributed by atoms with van der Waals surface area (Å²) >= 11 is 0. The molecule has 0 radical (unpaired) electrons. The number of hydrogen-bond donors (Lipinski definition) is 0. The van der Waals surface area contributed by atoms with E-state index in [0.29, 0.717) is 6.54 Å². The zero-order valence-electron chi connectivity index (χ0n) is 12.7. The van der Waals surface area contributed by atoms with Crippen LogP contribution in [0.15, 0.2) is 48.6 Å². The van der Waals surface area contributed by atoms with Gasteiger partial charge in [0.25, 0.3) is 0 Å². The Bertz CT molecular complexity index is 363. The Hall–Kier alpha value is -1.57. The number of nitrogens with zero attached hydrogens (tertiary/aromatic N) is 1. The molecule has 0 N–H and O–H groups in total. The molecule has 0 spiro atoms. The standard InChI is InChI=1S/C17H27NO/c1-6-10-12-16(8-3)13-11-14-18(9-4)17(19)15(5)7-2/h6,8,10-13,15H,1,7,9,14H2,2-5H3/b12-10-,13-11+,16-8+. The Labute approximate surface area is 118 Å². The van der Waals surface area contributed by atoms with Gasteiger partial charge in [-0.2, -0.15) is 0 Å². The highest BCUT2D eigenvalue weighted by molar-refractivity contribution is 5.78. The Morgan fingerprint density at radius 3 is 2.47 bits per heavy atom. The molecule has 0 heterocycles. The van der Waals surface area contributed by atoms with E-state index in [0.717, 1.165) is 18.5 Å². The van der Waals surface area contributed by atoms with Crippen LogP contribution in [0.3, 0.4) is 0 Å². The molecule has 0 aliphatic heterocycles. The average Bonchev–Trinajstić information content (AvgIpc) is 2.45. The number of carbonyl (C=O) groups excluding carboxylic acids is 1. The van der Waals surface area contributed by atoms with Crippen LogP contribution in [-0.4, -0.2) is 23.9 Å². The van der Waals surface area contributed by atoms with Crippen LogP contribution >= 0.6 is 0 Å². The zero-order chi connectivity index (χ0) is 14.7. The summed E-state index contributed by atoms with van der Waals surface area (Å²) in [6.45, 7) is 13.1. The summed E-state index contributed by atoms with van der Waals surface area (Å²) in [6.07, 6.45) is 12.6. The molecule has 19 heavy (non-hydrogen) atoms. The molecule has 0 aliphatic rings. The number of carbonyl (C=O) groups is 1. The molecule has 2 nitrogen and oxygen atoms in total. The van der Waals surface area contributed by atoms with Gasteiger partial charge in [-0.1, -0.05) is 56.9 Å². The van der Waals surface area contributed by atoms with Crippen LogP contribution in [0.25, 0.3) is 0 Å². The minimum atomic E-state index is 0.107. The van der Waals surface area contributed by atoms with Crippen molar-refractivity contribution in [3.8, 4) is 0 Å². The first-order valence-corrected chi connectivity index (χ1v) is 7.01. The molecule has 2 heteroatoms. The summed E-state index contributed by atoms with van der Waals surface area (Å²) in [5, 5.41) is 0. The Balaban J connectivity index is 4.53. The third kappa shape index (κ3) is 6.80. The van der Waals surface area contributed by atoms with Crippen molar-refractivity contribution in [3.05, 3.63) is 48.6 Å². The second-order valence-electron chi connectivity index (χ2n) is 4.47. The zero-order valence-corrected chi connectivity index (χ0v) is 12.7. The van der Waals surface area contributed by atoms with Gasteiger partial charge in [0.1, 0.15) is 0 Å². The second-order valence-corrected chi connectivity index (χ2v) is 4.47. The van der Waals surface area contributed by atoms with E-state index in [2.05, 4.69) is 6.58 Å². The van der Waals surface area contributed by atoms with Crippen LogP contribution in [0.4, 0.5) is 0 Å². The van der Waals surface area contributed by atoms with Crippen LogP contribution in [0.2, 0.25) is 0 Å². The van der Waals surface area contributed by atoms with Crippen molar-refractivity contribution in [1.29, 1.82) is 0 Å². The van der Waals surface area contributed by atoms with Gasteiger partial charge in [-0.05, 0) is 25.8 Å². The Kier molecular flexibility index (Phi) is 9.51. The van der Waals surface area contributed by atoms with Gasteiger partial charge in [0.05, 0.1) is 0 Å². The van der Waals surface area contributed by atoms with E-state index in [1.807, 2.05) is 63.0 Å². The molecule has 0 fully saturated rings. The number of amides is 1. The summed E-state index contributed by atoms with van der Waals surface area (Å²) < 4.78 is 0. The van der Waals surface area contributed by atoms with Gasteiger partial charge in [0.15, 0.2) is 0 Å². The fraction of sp³-hybridized carbons (Fsp3) is 0.471. The maximum atomic E-state index is 12.1. The predicted octanol–water partition coefficient (Wildman–Crippen LogP) is 4.13. The van der Waals surface area contributed by atoms with E-state index >= 15 is 0 Å². The maximum absolute atomic E-state index is 12.1. The molecule has 0 aromatic rings. The summed E-state index contributed by atoms with van der Waals surface area (Å²) in [5.74, 6) is 0.341.